The van der Waals surface area contributed by atoms with Gasteiger partial charge in [0.25, 0.3) is 5.95 Å². The average Bonchev–Trinajstić information content (AvgIpc) is 3.31. The molecule has 0 spiro atoms. The second-order valence-corrected chi connectivity index (χ2v) is 8.19. The summed E-state index contributed by atoms with van der Waals surface area (Å²) in [5.74, 6) is 2.01. The van der Waals surface area contributed by atoms with Crippen LogP contribution in [-0.2, 0) is 17.7 Å². The first kappa shape index (κ1) is 22.6. The Morgan fingerprint density at radius 3 is 2.60 bits per heavy atom. The minimum atomic E-state index is 0.255. The quantitative estimate of drug-likeness (QED) is 0.371. The molecule has 0 amide bonds. The van der Waals surface area contributed by atoms with E-state index in [1.807, 2.05) is 48.5 Å². The van der Waals surface area contributed by atoms with Gasteiger partial charge in [-0.05, 0) is 18.1 Å². The average molecular weight is 471 g/mol. The van der Waals surface area contributed by atoms with Gasteiger partial charge in [0.05, 0.1) is 26.2 Å². The standard InChI is InChI=1S/C25H26N8O2/c1-18-6-5-9-20(14-18)17-26-31-24-27-21(16-22(29-24)33-10-12-34-13-11-33)28-25-32-30-23(35-25)15-19-7-3-2-4-8-19/h2-9,14,16H,10-13,15,17H2,1H3,(H,27,28,29,32). The fraction of sp³-hybridized carbons (Fsp3) is 0.280. The maximum absolute atomic E-state index is 5.79. The summed E-state index contributed by atoms with van der Waals surface area (Å²) < 4.78 is 11.3. The third-order valence-corrected chi connectivity index (χ3v) is 5.43. The van der Waals surface area contributed by atoms with Gasteiger partial charge >= 0.3 is 6.01 Å². The maximum Gasteiger partial charge on any atom is 0.321 e. The van der Waals surface area contributed by atoms with Crippen LogP contribution in [0.5, 0.6) is 0 Å². The molecule has 4 aromatic rings. The van der Waals surface area contributed by atoms with Gasteiger partial charge in [-0.2, -0.15) is 15.1 Å². The highest BCUT2D eigenvalue weighted by Gasteiger charge is 2.16. The highest BCUT2D eigenvalue weighted by atomic mass is 16.5. The maximum atomic E-state index is 5.79. The molecule has 10 nitrogen and oxygen atoms in total. The molecule has 1 saturated heterocycles. The van der Waals surface area contributed by atoms with Crippen LogP contribution in [0.15, 0.2) is 75.3 Å². The zero-order valence-electron chi connectivity index (χ0n) is 19.5. The Balaban J connectivity index is 1.34. The topological polar surface area (TPSA) is 114 Å². The van der Waals surface area contributed by atoms with E-state index in [1.165, 1.54) is 5.56 Å². The lowest BCUT2D eigenvalue weighted by molar-refractivity contribution is 0.122. The molecule has 10 heteroatoms. The van der Waals surface area contributed by atoms with Crippen molar-refractivity contribution in [2.45, 2.75) is 19.9 Å². The number of azo groups is 1. The number of hydrogen-bond donors (Lipinski definition) is 1. The zero-order valence-corrected chi connectivity index (χ0v) is 19.5. The van der Waals surface area contributed by atoms with E-state index in [-0.39, 0.29) is 12.0 Å². The van der Waals surface area contributed by atoms with E-state index in [0.717, 1.165) is 30.0 Å². The molecule has 35 heavy (non-hydrogen) atoms. The predicted molar refractivity (Wildman–Crippen MR) is 131 cm³/mol. The van der Waals surface area contributed by atoms with Crippen molar-refractivity contribution in [3.63, 3.8) is 0 Å². The molecular weight excluding hydrogens is 444 g/mol. The van der Waals surface area contributed by atoms with Gasteiger partial charge in [-0.15, -0.1) is 10.2 Å². The Bertz CT molecular complexity index is 1290. The number of anilines is 3. The van der Waals surface area contributed by atoms with Crippen molar-refractivity contribution in [3.05, 3.63) is 83.2 Å². The van der Waals surface area contributed by atoms with Crippen LogP contribution in [0, 0.1) is 6.92 Å². The third kappa shape index (κ3) is 6.24. The molecule has 1 N–H and O–H groups in total. The second-order valence-electron chi connectivity index (χ2n) is 8.19. The number of nitrogens with one attached hydrogen (secondary N) is 1. The fourth-order valence-electron chi connectivity index (χ4n) is 3.73. The lowest BCUT2D eigenvalue weighted by atomic mass is 10.1. The summed E-state index contributed by atoms with van der Waals surface area (Å²) in [6.45, 7) is 5.25. The number of nitrogens with zero attached hydrogens (tertiary/aromatic N) is 7. The van der Waals surface area contributed by atoms with Crippen molar-refractivity contribution >= 4 is 23.6 Å². The van der Waals surface area contributed by atoms with Crippen molar-refractivity contribution < 1.29 is 9.15 Å². The predicted octanol–water partition coefficient (Wildman–Crippen LogP) is 4.62. The summed E-state index contributed by atoms with van der Waals surface area (Å²) in [7, 11) is 0. The molecule has 0 atom stereocenters. The van der Waals surface area contributed by atoms with Crippen LogP contribution >= 0.6 is 0 Å². The Hall–Kier alpha value is -4.18. The first-order valence-corrected chi connectivity index (χ1v) is 11.5. The van der Waals surface area contributed by atoms with Crippen LogP contribution in [0.1, 0.15) is 22.6 Å². The number of rotatable bonds is 8. The van der Waals surface area contributed by atoms with E-state index in [2.05, 4.69) is 59.7 Å². The Morgan fingerprint density at radius 1 is 0.943 bits per heavy atom. The van der Waals surface area contributed by atoms with Gasteiger partial charge in [0.2, 0.25) is 5.89 Å². The van der Waals surface area contributed by atoms with Crippen LogP contribution in [0.4, 0.5) is 23.6 Å². The van der Waals surface area contributed by atoms with Crippen molar-refractivity contribution in [3.8, 4) is 0 Å². The smallest absolute Gasteiger partial charge is 0.321 e. The molecule has 2 aromatic heterocycles. The second kappa shape index (κ2) is 10.8. The first-order chi connectivity index (χ1) is 17.2. The van der Waals surface area contributed by atoms with E-state index in [4.69, 9.17) is 9.15 Å². The van der Waals surface area contributed by atoms with Gasteiger partial charge < -0.3 is 14.1 Å². The molecule has 1 aliphatic rings. The van der Waals surface area contributed by atoms with Gasteiger partial charge in [0.15, 0.2) is 0 Å². The molecule has 2 aromatic carbocycles. The minimum Gasteiger partial charge on any atom is -0.408 e. The molecule has 1 aliphatic heterocycles. The van der Waals surface area contributed by atoms with E-state index < -0.39 is 0 Å². The number of ether oxygens (including phenoxy) is 1. The number of benzene rings is 2. The Morgan fingerprint density at radius 2 is 1.77 bits per heavy atom. The SMILES string of the molecule is Cc1cccc(CN=Nc2nc(Nc3nnc(Cc4ccccc4)o3)cc(N3CCOCC3)n2)c1. The molecular formula is C25H26N8O2. The van der Waals surface area contributed by atoms with Crippen molar-refractivity contribution in [1.82, 2.24) is 20.2 Å². The lowest BCUT2D eigenvalue weighted by Crippen LogP contribution is -2.36. The molecule has 178 valence electrons. The van der Waals surface area contributed by atoms with Crippen molar-refractivity contribution in [1.29, 1.82) is 0 Å². The monoisotopic (exact) mass is 470 g/mol. The van der Waals surface area contributed by atoms with Gasteiger partial charge in [0, 0.05) is 19.2 Å². The number of aryl methyl sites for hydroxylation is 1. The highest BCUT2D eigenvalue weighted by Crippen LogP contribution is 2.24. The van der Waals surface area contributed by atoms with E-state index in [1.54, 1.807) is 0 Å². The van der Waals surface area contributed by atoms with Crippen molar-refractivity contribution in [2.24, 2.45) is 10.2 Å². The van der Waals surface area contributed by atoms with E-state index in [0.29, 0.717) is 37.9 Å². The Kier molecular flexibility index (Phi) is 7.00. The van der Waals surface area contributed by atoms with Crippen LogP contribution in [-0.4, -0.2) is 46.5 Å². The minimum absolute atomic E-state index is 0.255. The van der Waals surface area contributed by atoms with Crippen LogP contribution in [0.2, 0.25) is 0 Å². The molecule has 0 saturated carbocycles. The number of aromatic nitrogens is 4. The van der Waals surface area contributed by atoms with Gasteiger partial charge in [-0.1, -0.05) is 65.3 Å². The summed E-state index contributed by atoms with van der Waals surface area (Å²) in [6, 6.07) is 20.2. The van der Waals surface area contributed by atoms with Crippen LogP contribution < -0.4 is 10.2 Å². The number of hydrogen-bond acceptors (Lipinski definition) is 10. The first-order valence-electron chi connectivity index (χ1n) is 11.5. The molecule has 1 fully saturated rings. The normalized spacial score (nSPS) is 13.9. The zero-order chi connectivity index (χ0) is 23.9. The van der Waals surface area contributed by atoms with Crippen LogP contribution in [0.25, 0.3) is 0 Å². The molecule has 0 aliphatic carbocycles. The largest absolute Gasteiger partial charge is 0.408 e. The third-order valence-electron chi connectivity index (χ3n) is 5.43. The summed E-state index contributed by atoms with van der Waals surface area (Å²) in [5, 5.41) is 20.0. The van der Waals surface area contributed by atoms with Gasteiger partial charge in [0.1, 0.15) is 11.6 Å². The summed E-state index contributed by atoms with van der Waals surface area (Å²) in [5.41, 5.74) is 3.35. The molecule has 0 radical (unpaired) electrons. The summed E-state index contributed by atoms with van der Waals surface area (Å²) >= 11 is 0. The summed E-state index contributed by atoms with van der Waals surface area (Å²) in [6.07, 6.45) is 0.552. The number of morpholine rings is 1. The summed E-state index contributed by atoms with van der Waals surface area (Å²) in [4.78, 5) is 11.2. The molecule has 5 rings (SSSR count). The van der Waals surface area contributed by atoms with E-state index in [9.17, 15) is 0 Å². The van der Waals surface area contributed by atoms with Gasteiger partial charge in [-0.3, -0.25) is 5.32 Å². The van der Waals surface area contributed by atoms with E-state index >= 15 is 0 Å². The van der Waals surface area contributed by atoms with Gasteiger partial charge in [-0.25, -0.2) is 0 Å². The van der Waals surface area contributed by atoms with Crippen LogP contribution in [0.3, 0.4) is 0 Å². The fourth-order valence-corrected chi connectivity index (χ4v) is 3.73. The molecule has 0 unspecified atom stereocenters. The Labute approximate surface area is 203 Å². The molecule has 0 bridgehead atoms. The highest BCUT2D eigenvalue weighted by molar-refractivity contribution is 5.56. The molecule has 3 heterocycles. The van der Waals surface area contributed by atoms with Crippen molar-refractivity contribution in [2.75, 3.05) is 36.5 Å². The lowest BCUT2D eigenvalue weighted by Gasteiger charge is -2.27.